The van der Waals surface area contributed by atoms with Gasteiger partial charge in [0.15, 0.2) is 5.82 Å². The predicted molar refractivity (Wildman–Crippen MR) is 122 cm³/mol. The summed E-state index contributed by atoms with van der Waals surface area (Å²) in [5.74, 6) is 0.494. The Kier molecular flexibility index (Phi) is 5.38. The van der Waals surface area contributed by atoms with Crippen LogP contribution in [0.3, 0.4) is 0 Å². The molecule has 8 heteroatoms. The fraction of sp³-hybridized carbons (Fsp3) is 0.400. The van der Waals surface area contributed by atoms with Crippen LogP contribution in [-0.4, -0.2) is 39.1 Å². The number of aromatic nitrogens is 3. The van der Waals surface area contributed by atoms with Gasteiger partial charge in [0.1, 0.15) is 17.7 Å². The van der Waals surface area contributed by atoms with E-state index in [4.69, 9.17) is 0 Å². The molecule has 5 rings (SSSR count). The van der Waals surface area contributed by atoms with Crippen LogP contribution in [0.5, 0.6) is 5.75 Å². The van der Waals surface area contributed by atoms with E-state index in [1.165, 1.54) is 22.8 Å². The van der Waals surface area contributed by atoms with E-state index in [1.807, 2.05) is 11.9 Å². The number of aryl methyl sites for hydroxylation is 1. The van der Waals surface area contributed by atoms with Crippen molar-refractivity contribution in [2.45, 2.75) is 37.9 Å². The summed E-state index contributed by atoms with van der Waals surface area (Å²) in [4.78, 5) is 13.7. The first kappa shape index (κ1) is 21.6. The second-order valence-electron chi connectivity index (χ2n) is 9.29. The smallest absolute Gasteiger partial charge is 0.250 e. The van der Waals surface area contributed by atoms with Gasteiger partial charge >= 0.3 is 0 Å². The summed E-state index contributed by atoms with van der Waals surface area (Å²) in [5, 5.41) is 19.0. The Labute approximate surface area is 190 Å². The molecule has 4 atom stereocenters. The number of hydrogen-bond donors (Lipinski definition) is 1. The number of halogens is 2. The van der Waals surface area contributed by atoms with Crippen molar-refractivity contribution < 1.29 is 13.9 Å². The third-order valence-electron chi connectivity index (χ3n) is 7.26. The number of phenolic OH excluding ortho intramolecular Hbond substituents is 1. The summed E-state index contributed by atoms with van der Waals surface area (Å²) < 4.78 is 31.2. The number of alkyl halides is 1. The molecule has 0 aliphatic heterocycles. The van der Waals surface area contributed by atoms with Crippen LogP contribution in [-0.2, 0) is 7.05 Å². The van der Waals surface area contributed by atoms with Crippen LogP contribution in [0.15, 0.2) is 47.4 Å². The number of nitrogens with zero attached hydrogens (tertiary/aromatic N) is 4. The van der Waals surface area contributed by atoms with Crippen molar-refractivity contribution >= 4 is 5.82 Å². The Morgan fingerprint density at radius 1 is 1.09 bits per heavy atom. The Balaban J connectivity index is 1.40. The Morgan fingerprint density at radius 2 is 1.91 bits per heavy atom. The van der Waals surface area contributed by atoms with Crippen molar-refractivity contribution in [3.63, 3.8) is 0 Å². The second kappa shape index (κ2) is 8.24. The van der Waals surface area contributed by atoms with E-state index in [9.17, 15) is 18.7 Å². The maximum atomic E-state index is 15.0. The van der Waals surface area contributed by atoms with Crippen molar-refractivity contribution in [2.75, 3.05) is 11.9 Å². The monoisotopic (exact) mass is 452 g/mol. The van der Waals surface area contributed by atoms with Crippen molar-refractivity contribution in [2.24, 2.45) is 18.9 Å². The van der Waals surface area contributed by atoms with Crippen LogP contribution >= 0.6 is 0 Å². The van der Waals surface area contributed by atoms with Gasteiger partial charge in [-0.25, -0.2) is 8.78 Å². The van der Waals surface area contributed by atoms with Crippen LogP contribution in [0.2, 0.25) is 0 Å². The third-order valence-corrected chi connectivity index (χ3v) is 7.26. The highest BCUT2D eigenvalue weighted by atomic mass is 19.1. The molecule has 0 amide bonds. The molecule has 2 bridgehead atoms. The van der Waals surface area contributed by atoms with Crippen molar-refractivity contribution in [3.05, 3.63) is 58.8 Å². The van der Waals surface area contributed by atoms with E-state index in [2.05, 4.69) is 10.2 Å². The van der Waals surface area contributed by atoms with Gasteiger partial charge in [0, 0.05) is 37.5 Å². The molecule has 3 aromatic rings. The molecule has 2 aliphatic carbocycles. The first-order valence-electron chi connectivity index (χ1n) is 11.2. The Hall–Kier alpha value is -3.29. The van der Waals surface area contributed by atoms with Gasteiger partial charge in [-0.3, -0.25) is 4.79 Å². The summed E-state index contributed by atoms with van der Waals surface area (Å²) in [5.41, 5.74) is 0.727. The van der Waals surface area contributed by atoms with Gasteiger partial charge in [0.25, 0.3) is 5.56 Å². The standard InChI is InChI=1S/C25H26F2N4O2/c1-30-8-7-15(11-24(30)33)17-13-22(32)18(12-19(17)26)20-5-6-23(29-28-20)31(2)21-10-14-3-4-16(9-14)25(21)27/h5-8,11-14,16,21,25,32H,3-4,9-10H2,1-2H3/t14-,16+,21+,25-/m1/s1. The molecule has 0 spiro atoms. The van der Waals surface area contributed by atoms with Crippen molar-refractivity contribution in [1.82, 2.24) is 14.8 Å². The number of phenols is 1. The average Bonchev–Trinajstić information content (AvgIpc) is 3.22. The van der Waals surface area contributed by atoms with Gasteiger partial charge in [-0.2, -0.15) is 0 Å². The fourth-order valence-electron chi connectivity index (χ4n) is 5.31. The molecule has 1 aromatic carbocycles. The zero-order valence-corrected chi connectivity index (χ0v) is 18.6. The quantitative estimate of drug-likeness (QED) is 0.639. The van der Waals surface area contributed by atoms with Crippen LogP contribution < -0.4 is 10.5 Å². The Morgan fingerprint density at radius 3 is 2.64 bits per heavy atom. The van der Waals surface area contributed by atoms with Gasteiger partial charge in [-0.1, -0.05) is 0 Å². The average molecular weight is 453 g/mol. The molecule has 2 aromatic heterocycles. The summed E-state index contributed by atoms with van der Waals surface area (Å²) in [6.45, 7) is 0. The maximum absolute atomic E-state index is 15.0. The van der Waals surface area contributed by atoms with E-state index in [0.29, 0.717) is 23.0 Å². The highest BCUT2D eigenvalue weighted by Gasteiger charge is 2.44. The van der Waals surface area contributed by atoms with Gasteiger partial charge in [0.2, 0.25) is 0 Å². The second-order valence-corrected chi connectivity index (χ2v) is 9.29. The van der Waals surface area contributed by atoms with Crippen LogP contribution in [0.4, 0.5) is 14.6 Å². The molecule has 172 valence electrons. The lowest BCUT2D eigenvalue weighted by Gasteiger charge is -2.38. The zero-order chi connectivity index (χ0) is 23.3. The lowest BCUT2D eigenvalue weighted by atomic mass is 9.83. The van der Waals surface area contributed by atoms with E-state index in [-0.39, 0.29) is 34.4 Å². The molecule has 0 radical (unpaired) electrons. The number of hydrogen-bond acceptors (Lipinski definition) is 5. The number of fused-ring (bicyclic) bond motifs is 2. The third kappa shape index (κ3) is 3.87. The van der Waals surface area contributed by atoms with Gasteiger partial charge in [0.05, 0.1) is 11.7 Å². The summed E-state index contributed by atoms with van der Waals surface area (Å²) in [7, 11) is 3.44. The Bertz CT molecular complexity index is 1240. The van der Waals surface area contributed by atoms with Gasteiger partial charge in [-0.05, 0) is 73.4 Å². The predicted octanol–water partition coefficient (Wildman–Crippen LogP) is 4.32. The molecule has 6 nitrogen and oxygen atoms in total. The maximum Gasteiger partial charge on any atom is 0.250 e. The van der Waals surface area contributed by atoms with Crippen LogP contribution in [0.1, 0.15) is 25.7 Å². The first-order valence-corrected chi connectivity index (χ1v) is 11.2. The van der Waals surface area contributed by atoms with Crippen LogP contribution in [0.25, 0.3) is 22.4 Å². The number of benzene rings is 1. The van der Waals surface area contributed by atoms with E-state index >= 15 is 0 Å². The largest absolute Gasteiger partial charge is 0.507 e. The molecule has 2 heterocycles. The van der Waals surface area contributed by atoms with Crippen molar-refractivity contribution in [1.29, 1.82) is 0 Å². The van der Waals surface area contributed by atoms with E-state index < -0.39 is 12.0 Å². The molecule has 2 saturated carbocycles. The molecule has 2 aliphatic rings. The normalized spacial score (nSPS) is 24.1. The minimum Gasteiger partial charge on any atom is -0.507 e. The minimum atomic E-state index is -0.879. The lowest BCUT2D eigenvalue weighted by molar-refractivity contribution is 0.144. The van der Waals surface area contributed by atoms with Crippen LogP contribution in [0, 0.1) is 17.7 Å². The highest BCUT2D eigenvalue weighted by Crippen LogP contribution is 2.45. The fourth-order valence-corrected chi connectivity index (χ4v) is 5.31. The van der Waals surface area contributed by atoms with E-state index in [0.717, 1.165) is 25.7 Å². The SMILES string of the molecule is CN(c1ccc(-c2cc(F)c(-c3ccn(C)c(=O)c3)cc2O)nn1)[C@H]1C[C@@H]2CC[C@@H](C2)[C@H]1F. The molecule has 1 N–H and O–H groups in total. The molecular weight excluding hydrogens is 426 g/mol. The minimum absolute atomic E-state index is 0.124. The first-order chi connectivity index (χ1) is 15.8. The molecule has 33 heavy (non-hydrogen) atoms. The number of aromatic hydroxyl groups is 1. The van der Waals surface area contributed by atoms with Crippen molar-refractivity contribution in [3.8, 4) is 28.1 Å². The zero-order valence-electron chi connectivity index (χ0n) is 18.6. The number of rotatable bonds is 4. The highest BCUT2D eigenvalue weighted by molar-refractivity contribution is 5.74. The summed E-state index contributed by atoms with van der Waals surface area (Å²) in [6.07, 6.45) is 4.51. The molecule has 0 unspecified atom stereocenters. The van der Waals surface area contributed by atoms with Gasteiger partial charge < -0.3 is 14.6 Å². The molecule has 0 saturated heterocycles. The molecular formula is C25H26F2N4O2. The lowest BCUT2D eigenvalue weighted by Crippen LogP contribution is -2.46. The van der Waals surface area contributed by atoms with Gasteiger partial charge in [-0.15, -0.1) is 10.2 Å². The summed E-state index contributed by atoms with van der Waals surface area (Å²) in [6, 6.07) is 8.54. The van der Waals surface area contributed by atoms with E-state index in [1.54, 1.807) is 31.4 Å². The topological polar surface area (TPSA) is 71.2 Å². The molecule has 2 fully saturated rings. The number of anilines is 1. The summed E-state index contributed by atoms with van der Waals surface area (Å²) >= 11 is 0. The number of pyridine rings is 1.